The van der Waals surface area contributed by atoms with Crippen molar-refractivity contribution in [3.05, 3.63) is 194 Å². The zero-order chi connectivity index (χ0) is 37.9. The Kier molecular flexibility index (Phi) is 6.41. The molecule has 0 bridgehead atoms. The predicted octanol–water partition coefficient (Wildman–Crippen LogP) is 15.0. The lowest BCUT2D eigenvalue weighted by Crippen LogP contribution is -1.93. The van der Waals surface area contributed by atoms with Gasteiger partial charge >= 0.3 is 0 Å². The fourth-order valence-corrected chi connectivity index (χ4v) is 9.52. The van der Waals surface area contributed by atoms with Crippen LogP contribution in [0.15, 0.2) is 203 Å². The van der Waals surface area contributed by atoms with Crippen molar-refractivity contribution in [2.75, 3.05) is 0 Å². The van der Waals surface area contributed by atoms with Crippen LogP contribution < -0.4 is 0 Å². The highest BCUT2D eigenvalue weighted by atomic mass is 16.3. The predicted molar refractivity (Wildman–Crippen MR) is 241 cm³/mol. The molecule has 0 N–H and O–H groups in total. The van der Waals surface area contributed by atoms with E-state index < -0.39 is 0 Å². The normalized spacial score (nSPS) is 12.1. The van der Waals surface area contributed by atoms with Gasteiger partial charge in [0.25, 0.3) is 0 Å². The molecule has 4 aromatic heterocycles. The van der Waals surface area contributed by atoms with E-state index in [1.54, 1.807) is 0 Å². The number of hydrogen-bond acceptors (Lipinski definition) is 2. The van der Waals surface area contributed by atoms with Gasteiger partial charge < -0.3 is 18.0 Å². The Hall–Kier alpha value is -7.82. The summed E-state index contributed by atoms with van der Waals surface area (Å²) >= 11 is 0. The third-order valence-electron chi connectivity index (χ3n) is 12.1. The van der Waals surface area contributed by atoms with E-state index in [1.807, 2.05) is 12.1 Å². The van der Waals surface area contributed by atoms with E-state index in [1.165, 1.54) is 54.7 Å². The minimum absolute atomic E-state index is 0.872. The van der Waals surface area contributed by atoms with E-state index >= 15 is 0 Å². The van der Waals surface area contributed by atoms with Crippen LogP contribution in [0.2, 0.25) is 0 Å². The van der Waals surface area contributed by atoms with Crippen LogP contribution in [0, 0.1) is 0 Å². The van der Waals surface area contributed by atoms with E-state index in [0.29, 0.717) is 0 Å². The van der Waals surface area contributed by atoms with E-state index in [4.69, 9.17) is 8.83 Å². The fraction of sp³-hybridized carbons (Fsp3) is 0. The molecular formula is C54H32N2O2. The van der Waals surface area contributed by atoms with Crippen molar-refractivity contribution < 1.29 is 8.83 Å². The Morgan fingerprint density at radius 1 is 0.276 bits per heavy atom. The second kappa shape index (κ2) is 11.8. The molecule has 58 heavy (non-hydrogen) atoms. The molecule has 0 fully saturated rings. The van der Waals surface area contributed by atoms with E-state index in [2.05, 4.69) is 191 Å². The Morgan fingerprint density at radius 3 is 1.57 bits per heavy atom. The Labute approximate surface area is 332 Å². The van der Waals surface area contributed by atoms with Gasteiger partial charge in [0.2, 0.25) is 0 Å². The summed E-state index contributed by atoms with van der Waals surface area (Å²) in [5, 5.41) is 9.39. The van der Waals surface area contributed by atoms with Crippen molar-refractivity contribution in [2.24, 2.45) is 0 Å². The molecule has 13 aromatic rings. The van der Waals surface area contributed by atoms with Crippen molar-refractivity contribution >= 4 is 87.5 Å². The summed E-state index contributed by atoms with van der Waals surface area (Å²) in [6.45, 7) is 0. The van der Waals surface area contributed by atoms with Crippen molar-refractivity contribution in [2.45, 2.75) is 0 Å². The van der Waals surface area contributed by atoms with E-state index in [-0.39, 0.29) is 0 Å². The summed E-state index contributed by atoms with van der Waals surface area (Å²) in [5.74, 6) is 0. The number of furan rings is 2. The zero-order valence-electron chi connectivity index (χ0n) is 31.2. The first kappa shape index (κ1) is 31.4. The molecule has 0 atom stereocenters. The van der Waals surface area contributed by atoms with Crippen LogP contribution in [0.25, 0.3) is 121 Å². The number of nitrogens with zero attached hydrogens (tertiary/aromatic N) is 2. The summed E-state index contributed by atoms with van der Waals surface area (Å²) < 4.78 is 17.4. The number of rotatable bonds is 4. The largest absolute Gasteiger partial charge is 0.456 e. The van der Waals surface area contributed by atoms with Crippen molar-refractivity contribution in [1.29, 1.82) is 0 Å². The third kappa shape index (κ3) is 4.45. The topological polar surface area (TPSA) is 36.1 Å². The van der Waals surface area contributed by atoms with Crippen molar-refractivity contribution in [3.63, 3.8) is 0 Å². The van der Waals surface area contributed by atoms with E-state index in [0.717, 1.165) is 66.4 Å². The Morgan fingerprint density at radius 2 is 0.793 bits per heavy atom. The van der Waals surface area contributed by atoms with Gasteiger partial charge in [-0.3, -0.25) is 0 Å². The summed E-state index contributed by atoms with van der Waals surface area (Å²) in [6, 6.07) is 69.7. The van der Waals surface area contributed by atoms with Gasteiger partial charge in [0.1, 0.15) is 22.3 Å². The summed E-state index contributed by atoms with van der Waals surface area (Å²) in [4.78, 5) is 0. The highest BCUT2D eigenvalue weighted by molar-refractivity contribution is 6.18. The second-order valence-corrected chi connectivity index (χ2v) is 15.3. The van der Waals surface area contributed by atoms with Crippen LogP contribution in [0.1, 0.15) is 0 Å². The van der Waals surface area contributed by atoms with Crippen LogP contribution in [0.3, 0.4) is 0 Å². The van der Waals surface area contributed by atoms with Crippen LogP contribution in [-0.2, 0) is 0 Å². The molecule has 0 radical (unpaired) electrons. The maximum absolute atomic E-state index is 6.45. The van der Waals surface area contributed by atoms with Crippen molar-refractivity contribution in [1.82, 2.24) is 9.13 Å². The third-order valence-corrected chi connectivity index (χ3v) is 12.1. The number of hydrogen-bond donors (Lipinski definition) is 0. The van der Waals surface area contributed by atoms with Gasteiger partial charge in [0, 0.05) is 54.5 Å². The van der Waals surface area contributed by atoms with Gasteiger partial charge in [-0.25, -0.2) is 0 Å². The molecule has 0 spiro atoms. The van der Waals surface area contributed by atoms with Gasteiger partial charge in [-0.1, -0.05) is 103 Å². The van der Waals surface area contributed by atoms with Gasteiger partial charge in [-0.15, -0.1) is 0 Å². The Bertz CT molecular complexity index is 3800. The quantitative estimate of drug-likeness (QED) is 0.180. The first-order valence-corrected chi connectivity index (χ1v) is 19.7. The van der Waals surface area contributed by atoms with Gasteiger partial charge in [0.05, 0.1) is 22.1 Å². The standard InChI is InChI=1S/C54H32N2O2/c1-2-11-36(12-3-1)55-46-17-7-4-13-39(46)42-31-35(21-25-48(42)55)38-16-10-19-49-54(38)41-15-5-8-18-47(41)56(49)37-24-28-53-45(32-37)44-30-34(23-27-52(44)58-53)33-22-26-51-43(29-33)40-14-6-9-20-50(40)57-51/h1-32H. The average molecular weight is 741 g/mol. The monoisotopic (exact) mass is 740 g/mol. The highest BCUT2D eigenvalue weighted by Gasteiger charge is 2.19. The molecule has 13 rings (SSSR count). The van der Waals surface area contributed by atoms with Crippen molar-refractivity contribution in [3.8, 4) is 33.6 Å². The highest BCUT2D eigenvalue weighted by Crippen LogP contribution is 2.42. The average Bonchev–Trinajstić information content (AvgIpc) is 4.03. The minimum Gasteiger partial charge on any atom is -0.456 e. The van der Waals surface area contributed by atoms with Crippen LogP contribution in [0.5, 0.6) is 0 Å². The SMILES string of the molecule is c1ccc(-n2c3ccccc3c3cc(-c4cccc5c4c4ccccc4n5-c4ccc5oc6ccc(-c7ccc8oc9ccccc9c8c7)cc6c5c4)ccc32)cc1. The first-order chi connectivity index (χ1) is 28.7. The molecule has 0 amide bonds. The summed E-state index contributed by atoms with van der Waals surface area (Å²) in [7, 11) is 0. The van der Waals surface area contributed by atoms with Crippen LogP contribution in [0.4, 0.5) is 0 Å². The number of para-hydroxylation sites is 4. The molecule has 9 aromatic carbocycles. The summed E-state index contributed by atoms with van der Waals surface area (Å²) in [6.07, 6.45) is 0. The van der Waals surface area contributed by atoms with Gasteiger partial charge in [0.15, 0.2) is 0 Å². The Balaban J connectivity index is 0.985. The molecule has 0 unspecified atom stereocenters. The number of aromatic nitrogens is 2. The summed E-state index contributed by atoms with van der Waals surface area (Å²) in [5.41, 5.74) is 15.2. The lowest BCUT2D eigenvalue weighted by molar-refractivity contribution is 0.668. The van der Waals surface area contributed by atoms with Crippen LogP contribution in [-0.4, -0.2) is 9.13 Å². The molecule has 0 aliphatic carbocycles. The van der Waals surface area contributed by atoms with E-state index in [9.17, 15) is 0 Å². The molecule has 4 nitrogen and oxygen atoms in total. The lowest BCUT2D eigenvalue weighted by Gasteiger charge is -2.10. The van der Waals surface area contributed by atoms with Crippen LogP contribution >= 0.6 is 0 Å². The smallest absolute Gasteiger partial charge is 0.135 e. The molecule has 0 saturated heterocycles. The fourth-order valence-electron chi connectivity index (χ4n) is 9.52. The molecule has 0 aliphatic heterocycles. The second-order valence-electron chi connectivity index (χ2n) is 15.3. The molecule has 0 saturated carbocycles. The van der Waals surface area contributed by atoms with Gasteiger partial charge in [-0.05, 0) is 113 Å². The number of fused-ring (bicyclic) bond motifs is 12. The minimum atomic E-state index is 0.872. The molecule has 4 heterocycles. The maximum atomic E-state index is 6.45. The molecule has 4 heteroatoms. The molecule has 270 valence electrons. The molecule has 0 aliphatic rings. The maximum Gasteiger partial charge on any atom is 0.135 e. The lowest BCUT2D eigenvalue weighted by atomic mass is 9.98. The van der Waals surface area contributed by atoms with Gasteiger partial charge in [-0.2, -0.15) is 0 Å². The zero-order valence-corrected chi connectivity index (χ0v) is 31.2. The molecular weight excluding hydrogens is 709 g/mol. The number of benzene rings is 9. The first-order valence-electron chi connectivity index (χ1n) is 19.7.